The summed E-state index contributed by atoms with van der Waals surface area (Å²) < 4.78 is 5.03. The van der Waals surface area contributed by atoms with Crippen LogP contribution in [0.25, 0.3) is 0 Å². The summed E-state index contributed by atoms with van der Waals surface area (Å²) in [6, 6.07) is 0.518. The fraction of sp³-hybridized carbons (Fsp3) is 1.00. The minimum Gasteiger partial charge on any atom is -0.392 e. The van der Waals surface area contributed by atoms with E-state index in [4.69, 9.17) is 4.74 Å². The van der Waals surface area contributed by atoms with E-state index < -0.39 is 0 Å². The number of hydrogen-bond donors (Lipinski definition) is 1. The Hall–Kier alpha value is -0.120. The molecule has 3 heteroatoms. The van der Waals surface area contributed by atoms with Gasteiger partial charge in [0, 0.05) is 26.2 Å². The third-order valence-electron chi connectivity index (χ3n) is 2.30. The molecule has 0 rings (SSSR count). The summed E-state index contributed by atoms with van der Waals surface area (Å²) in [4.78, 5) is 2.26. The van der Waals surface area contributed by atoms with Crippen LogP contribution in [-0.4, -0.2) is 49.0 Å². The molecule has 0 saturated carbocycles. The smallest absolute Gasteiger partial charge is 0.0639 e. The molecule has 13 heavy (non-hydrogen) atoms. The molecule has 1 N–H and O–H groups in total. The normalized spacial score (nSPS) is 16.2. The van der Waals surface area contributed by atoms with Gasteiger partial charge in [0.25, 0.3) is 0 Å². The maximum Gasteiger partial charge on any atom is 0.0639 e. The Labute approximate surface area is 81.7 Å². The molecule has 0 heterocycles. The first-order valence-corrected chi connectivity index (χ1v) is 5.02. The summed E-state index contributed by atoms with van der Waals surface area (Å²) in [5.41, 5.74) is 0. The van der Waals surface area contributed by atoms with Crippen LogP contribution in [0.15, 0.2) is 0 Å². The number of rotatable bonds is 7. The average molecular weight is 189 g/mol. The van der Waals surface area contributed by atoms with Crippen LogP contribution in [0.4, 0.5) is 0 Å². The zero-order valence-corrected chi connectivity index (χ0v) is 9.29. The first kappa shape index (κ1) is 12.9. The zero-order chi connectivity index (χ0) is 10.3. The van der Waals surface area contributed by atoms with Crippen molar-refractivity contribution >= 4 is 0 Å². The van der Waals surface area contributed by atoms with Crippen molar-refractivity contribution in [2.45, 2.75) is 39.3 Å². The molecule has 0 aliphatic heterocycles. The fourth-order valence-electron chi connectivity index (χ4n) is 1.30. The predicted octanol–water partition coefficient (Wildman–Crippen LogP) is 1.11. The van der Waals surface area contributed by atoms with Gasteiger partial charge in [-0.2, -0.15) is 0 Å². The molecule has 1 unspecified atom stereocenters. The minimum absolute atomic E-state index is 0.258. The van der Waals surface area contributed by atoms with Crippen LogP contribution in [-0.2, 0) is 4.74 Å². The molecule has 0 aliphatic rings. The number of methoxy groups -OCH3 is 1. The van der Waals surface area contributed by atoms with Crippen molar-refractivity contribution < 1.29 is 9.84 Å². The molecule has 80 valence electrons. The molecule has 0 spiro atoms. The van der Waals surface area contributed by atoms with Crippen molar-refractivity contribution in [3.8, 4) is 0 Å². The summed E-state index contributed by atoms with van der Waals surface area (Å²) in [6.07, 6.45) is 0.849. The van der Waals surface area contributed by atoms with Gasteiger partial charge in [-0.05, 0) is 20.3 Å². The predicted molar refractivity (Wildman–Crippen MR) is 54.9 cm³/mol. The van der Waals surface area contributed by atoms with Gasteiger partial charge >= 0.3 is 0 Å². The molecular formula is C10H23NO2. The summed E-state index contributed by atoms with van der Waals surface area (Å²) in [5, 5.41) is 9.28. The summed E-state index contributed by atoms with van der Waals surface area (Å²) >= 11 is 0. The maximum atomic E-state index is 9.28. The monoisotopic (exact) mass is 189 g/mol. The first-order chi connectivity index (χ1) is 6.11. The van der Waals surface area contributed by atoms with E-state index in [1.54, 1.807) is 7.11 Å². The topological polar surface area (TPSA) is 32.7 Å². The van der Waals surface area contributed by atoms with E-state index in [-0.39, 0.29) is 6.10 Å². The van der Waals surface area contributed by atoms with Gasteiger partial charge in [-0.3, -0.25) is 4.90 Å². The van der Waals surface area contributed by atoms with Gasteiger partial charge in [0.2, 0.25) is 0 Å². The molecule has 0 aromatic rings. The standard InChI is InChI=1S/C10H23NO2/c1-5-9(2)11(6-7-13-4)8-10(3)12/h9-10,12H,5-8H2,1-4H3/t9?,10-/m0/s1. The molecular weight excluding hydrogens is 166 g/mol. The lowest BCUT2D eigenvalue weighted by Gasteiger charge is -2.29. The molecule has 0 amide bonds. The summed E-state index contributed by atoms with van der Waals surface area (Å²) in [7, 11) is 1.71. The number of hydrogen-bond acceptors (Lipinski definition) is 3. The van der Waals surface area contributed by atoms with Gasteiger partial charge in [-0.1, -0.05) is 6.92 Å². The van der Waals surface area contributed by atoms with E-state index in [9.17, 15) is 5.11 Å². The van der Waals surface area contributed by atoms with Gasteiger partial charge in [-0.15, -0.1) is 0 Å². The quantitative estimate of drug-likeness (QED) is 0.651. The van der Waals surface area contributed by atoms with Crippen molar-refractivity contribution in [2.24, 2.45) is 0 Å². The van der Waals surface area contributed by atoms with Crippen molar-refractivity contribution in [1.82, 2.24) is 4.90 Å². The van der Waals surface area contributed by atoms with Gasteiger partial charge in [0.05, 0.1) is 12.7 Å². The van der Waals surface area contributed by atoms with Crippen LogP contribution in [0.3, 0.4) is 0 Å². The van der Waals surface area contributed by atoms with Gasteiger partial charge in [-0.25, -0.2) is 0 Å². The molecule has 0 saturated heterocycles. The highest BCUT2D eigenvalue weighted by atomic mass is 16.5. The van der Waals surface area contributed by atoms with Crippen LogP contribution in [0.1, 0.15) is 27.2 Å². The highest BCUT2D eigenvalue weighted by Gasteiger charge is 2.13. The number of ether oxygens (including phenoxy) is 1. The Kier molecular flexibility index (Phi) is 7.23. The van der Waals surface area contributed by atoms with Gasteiger partial charge < -0.3 is 9.84 Å². The summed E-state index contributed by atoms with van der Waals surface area (Å²) in [6.45, 7) is 8.53. The lowest BCUT2D eigenvalue weighted by Crippen LogP contribution is -2.39. The Morgan fingerprint density at radius 2 is 2.00 bits per heavy atom. The Morgan fingerprint density at radius 1 is 1.38 bits per heavy atom. The molecule has 3 nitrogen and oxygen atoms in total. The Balaban J connectivity index is 3.87. The lowest BCUT2D eigenvalue weighted by atomic mass is 10.2. The zero-order valence-electron chi connectivity index (χ0n) is 9.29. The highest BCUT2D eigenvalue weighted by Crippen LogP contribution is 2.04. The number of aliphatic hydroxyl groups is 1. The van der Waals surface area contributed by atoms with Crippen LogP contribution < -0.4 is 0 Å². The van der Waals surface area contributed by atoms with Crippen LogP contribution in [0, 0.1) is 0 Å². The van der Waals surface area contributed by atoms with Crippen molar-refractivity contribution in [3.63, 3.8) is 0 Å². The van der Waals surface area contributed by atoms with Crippen molar-refractivity contribution in [2.75, 3.05) is 26.8 Å². The fourth-order valence-corrected chi connectivity index (χ4v) is 1.30. The van der Waals surface area contributed by atoms with Crippen LogP contribution >= 0.6 is 0 Å². The van der Waals surface area contributed by atoms with E-state index in [1.165, 1.54) is 0 Å². The lowest BCUT2D eigenvalue weighted by molar-refractivity contribution is 0.0749. The van der Waals surface area contributed by atoms with E-state index in [0.717, 1.165) is 26.1 Å². The van der Waals surface area contributed by atoms with E-state index >= 15 is 0 Å². The molecule has 0 radical (unpaired) electrons. The molecule has 0 aliphatic carbocycles. The van der Waals surface area contributed by atoms with E-state index in [1.807, 2.05) is 6.92 Å². The van der Waals surface area contributed by atoms with Crippen LogP contribution in [0.2, 0.25) is 0 Å². The van der Waals surface area contributed by atoms with Crippen molar-refractivity contribution in [1.29, 1.82) is 0 Å². The second-order valence-corrected chi connectivity index (χ2v) is 3.59. The minimum atomic E-state index is -0.258. The molecule has 2 atom stereocenters. The Bertz CT molecular complexity index is 117. The second kappa shape index (κ2) is 7.30. The number of nitrogens with zero attached hydrogens (tertiary/aromatic N) is 1. The molecule has 0 aromatic heterocycles. The third-order valence-corrected chi connectivity index (χ3v) is 2.30. The second-order valence-electron chi connectivity index (χ2n) is 3.59. The highest BCUT2D eigenvalue weighted by molar-refractivity contribution is 4.67. The SMILES string of the molecule is CCC(C)N(CCOC)C[C@H](C)O. The Morgan fingerprint density at radius 3 is 2.38 bits per heavy atom. The van der Waals surface area contributed by atoms with Crippen LogP contribution in [0.5, 0.6) is 0 Å². The van der Waals surface area contributed by atoms with E-state index in [0.29, 0.717) is 6.04 Å². The average Bonchev–Trinajstić information content (AvgIpc) is 2.10. The molecule has 0 fully saturated rings. The largest absolute Gasteiger partial charge is 0.392 e. The molecule has 0 aromatic carbocycles. The van der Waals surface area contributed by atoms with E-state index in [2.05, 4.69) is 18.7 Å². The third kappa shape index (κ3) is 6.02. The molecule has 0 bridgehead atoms. The number of aliphatic hydroxyl groups excluding tert-OH is 1. The maximum absolute atomic E-state index is 9.28. The van der Waals surface area contributed by atoms with Gasteiger partial charge in [0.15, 0.2) is 0 Å². The van der Waals surface area contributed by atoms with Gasteiger partial charge in [0.1, 0.15) is 0 Å². The summed E-state index contributed by atoms with van der Waals surface area (Å²) in [5.74, 6) is 0. The first-order valence-electron chi connectivity index (χ1n) is 5.02. The van der Waals surface area contributed by atoms with Crippen molar-refractivity contribution in [3.05, 3.63) is 0 Å².